The molecule has 3 nitrogen and oxygen atoms in total. The van der Waals surface area contributed by atoms with Crippen molar-refractivity contribution in [2.45, 2.75) is 12.1 Å². The van der Waals surface area contributed by atoms with Gasteiger partial charge in [0.2, 0.25) is 0 Å². The molecule has 3 heteroatoms. The van der Waals surface area contributed by atoms with Gasteiger partial charge < -0.3 is 14.8 Å². The standard InChI is InChI=1S/C17H19NO2/c1-19-15-9-7-14(8-10-15)17-11-18-16(12-20-17)13-5-3-2-4-6-13/h2-10,16-18H,11-12H2,1H3. The molecule has 104 valence electrons. The smallest absolute Gasteiger partial charge is 0.118 e. The maximum Gasteiger partial charge on any atom is 0.118 e. The Morgan fingerprint density at radius 1 is 1.00 bits per heavy atom. The van der Waals surface area contributed by atoms with Crippen LogP contribution in [0.15, 0.2) is 54.6 Å². The van der Waals surface area contributed by atoms with Gasteiger partial charge in [0.1, 0.15) is 5.75 Å². The quantitative estimate of drug-likeness (QED) is 0.928. The first-order valence-electron chi connectivity index (χ1n) is 6.90. The minimum Gasteiger partial charge on any atom is -0.497 e. The van der Waals surface area contributed by atoms with Crippen LogP contribution >= 0.6 is 0 Å². The third-order valence-corrected chi connectivity index (χ3v) is 3.70. The summed E-state index contributed by atoms with van der Waals surface area (Å²) in [4.78, 5) is 0. The summed E-state index contributed by atoms with van der Waals surface area (Å²) in [6.45, 7) is 1.52. The van der Waals surface area contributed by atoms with E-state index in [1.807, 2.05) is 18.2 Å². The van der Waals surface area contributed by atoms with E-state index in [0.717, 1.165) is 12.3 Å². The van der Waals surface area contributed by atoms with Crippen LogP contribution < -0.4 is 10.1 Å². The Morgan fingerprint density at radius 3 is 2.35 bits per heavy atom. The monoisotopic (exact) mass is 269 g/mol. The van der Waals surface area contributed by atoms with Gasteiger partial charge >= 0.3 is 0 Å². The fourth-order valence-corrected chi connectivity index (χ4v) is 2.51. The van der Waals surface area contributed by atoms with Gasteiger partial charge in [-0.15, -0.1) is 0 Å². The Morgan fingerprint density at radius 2 is 1.75 bits per heavy atom. The van der Waals surface area contributed by atoms with Crippen LogP contribution in [0.25, 0.3) is 0 Å². The summed E-state index contributed by atoms with van der Waals surface area (Å²) in [7, 11) is 1.68. The lowest BCUT2D eigenvalue weighted by Crippen LogP contribution is -2.36. The molecule has 1 N–H and O–H groups in total. The molecule has 1 aliphatic heterocycles. The van der Waals surface area contributed by atoms with Crippen LogP contribution in [-0.4, -0.2) is 20.3 Å². The molecule has 1 saturated heterocycles. The number of hydrogen-bond donors (Lipinski definition) is 1. The Hall–Kier alpha value is -1.84. The molecular formula is C17H19NO2. The lowest BCUT2D eigenvalue weighted by Gasteiger charge is -2.31. The topological polar surface area (TPSA) is 30.5 Å². The van der Waals surface area contributed by atoms with E-state index < -0.39 is 0 Å². The molecule has 2 atom stereocenters. The summed E-state index contributed by atoms with van der Waals surface area (Å²) in [5.41, 5.74) is 2.46. The first-order valence-corrected chi connectivity index (χ1v) is 6.90. The molecule has 2 unspecified atom stereocenters. The summed E-state index contributed by atoms with van der Waals surface area (Å²) >= 11 is 0. The second kappa shape index (κ2) is 6.07. The number of hydrogen-bond acceptors (Lipinski definition) is 3. The van der Waals surface area contributed by atoms with Gasteiger partial charge in [0.25, 0.3) is 0 Å². The largest absolute Gasteiger partial charge is 0.497 e. The highest BCUT2D eigenvalue weighted by Gasteiger charge is 2.23. The highest BCUT2D eigenvalue weighted by atomic mass is 16.5. The fraction of sp³-hybridized carbons (Fsp3) is 0.294. The Labute approximate surface area is 119 Å². The number of nitrogens with one attached hydrogen (secondary N) is 1. The molecule has 1 fully saturated rings. The summed E-state index contributed by atoms with van der Waals surface area (Å²) in [5, 5.41) is 3.56. The Bertz CT molecular complexity index is 531. The molecule has 2 aromatic carbocycles. The van der Waals surface area contributed by atoms with Gasteiger partial charge in [-0.1, -0.05) is 42.5 Å². The molecule has 2 aromatic rings. The summed E-state index contributed by atoms with van der Waals surface area (Å²) in [5.74, 6) is 0.875. The second-order valence-electron chi connectivity index (χ2n) is 4.97. The summed E-state index contributed by atoms with van der Waals surface area (Å²) < 4.78 is 11.2. The first-order chi connectivity index (χ1) is 9.86. The van der Waals surface area contributed by atoms with Gasteiger partial charge in [-0.25, -0.2) is 0 Å². The normalized spacial score (nSPS) is 22.4. The van der Waals surface area contributed by atoms with Crippen molar-refractivity contribution in [2.75, 3.05) is 20.3 Å². The van der Waals surface area contributed by atoms with Crippen molar-refractivity contribution in [1.82, 2.24) is 5.32 Å². The number of benzene rings is 2. The number of ether oxygens (including phenoxy) is 2. The average Bonchev–Trinajstić information content (AvgIpc) is 2.56. The van der Waals surface area contributed by atoms with E-state index in [1.54, 1.807) is 7.11 Å². The van der Waals surface area contributed by atoms with E-state index >= 15 is 0 Å². The molecule has 0 radical (unpaired) electrons. The Balaban J connectivity index is 1.63. The fourth-order valence-electron chi connectivity index (χ4n) is 2.51. The van der Waals surface area contributed by atoms with Gasteiger partial charge in [0.15, 0.2) is 0 Å². The number of morpholine rings is 1. The zero-order valence-corrected chi connectivity index (χ0v) is 11.6. The van der Waals surface area contributed by atoms with Crippen LogP contribution in [0.2, 0.25) is 0 Å². The van der Waals surface area contributed by atoms with E-state index in [4.69, 9.17) is 9.47 Å². The van der Waals surface area contributed by atoms with Gasteiger partial charge in [-0.3, -0.25) is 0 Å². The zero-order valence-electron chi connectivity index (χ0n) is 11.6. The predicted octanol–water partition coefficient (Wildman–Crippen LogP) is 3.10. The molecule has 1 heterocycles. The van der Waals surface area contributed by atoms with E-state index in [2.05, 4.69) is 41.7 Å². The van der Waals surface area contributed by atoms with E-state index in [0.29, 0.717) is 6.61 Å². The third kappa shape index (κ3) is 2.84. The number of rotatable bonds is 3. The minimum atomic E-state index is 0.112. The van der Waals surface area contributed by atoms with Gasteiger partial charge in [0.05, 0.1) is 25.9 Å². The van der Waals surface area contributed by atoms with E-state index in [-0.39, 0.29) is 12.1 Å². The van der Waals surface area contributed by atoms with Gasteiger partial charge in [0, 0.05) is 6.54 Å². The van der Waals surface area contributed by atoms with Gasteiger partial charge in [-0.05, 0) is 23.3 Å². The summed E-state index contributed by atoms with van der Waals surface area (Å²) in [6.07, 6.45) is 0.112. The molecule has 0 saturated carbocycles. The highest BCUT2D eigenvalue weighted by molar-refractivity contribution is 5.29. The summed E-state index contributed by atoms with van der Waals surface area (Å²) in [6, 6.07) is 18.8. The average molecular weight is 269 g/mol. The molecule has 0 aromatic heterocycles. The molecule has 1 aliphatic rings. The minimum absolute atomic E-state index is 0.112. The predicted molar refractivity (Wildman–Crippen MR) is 78.9 cm³/mol. The van der Waals surface area contributed by atoms with E-state index in [9.17, 15) is 0 Å². The molecule has 0 spiro atoms. The molecule has 0 amide bonds. The SMILES string of the molecule is COc1ccc(C2CNC(c3ccccc3)CO2)cc1. The third-order valence-electron chi connectivity index (χ3n) is 3.70. The van der Waals surface area contributed by atoms with Crippen LogP contribution in [-0.2, 0) is 4.74 Å². The van der Waals surface area contributed by atoms with E-state index in [1.165, 1.54) is 11.1 Å². The molecule has 20 heavy (non-hydrogen) atoms. The lowest BCUT2D eigenvalue weighted by molar-refractivity contribution is 0.00236. The lowest BCUT2D eigenvalue weighted by atomic mass is 10.0. The first kappa shape index (κ1) is 13.2. The van der Waals surface area contributed by atoms with Crippen LogP contribution in [0.3, 0.4) is 0 Å². The number of methoxy groups -OCH3 is 1. The van der Waals surface area contributed by atoms with Crippen LogP contribution in [0.4, 0.5) is 0 Å². The maximum atomic E-state index is 6.00. The van der Waals surface area contributed by atoms with Crippen molar-refractivity contribution in [2.24, 2.45) is 0 Å². The molecular weight excluding hydrogens is 250 g/mol. The van der Waals surface area contributed by atoms with Crippen molar-refractivity contribution >= 4 is 0 Å². The zero-order chi connectivity index (χ0) is 13.8. The van der Waals surface area contributed by atoms with Crippen molar-refractivity contribution in [3.8, 4) is 5.75 Å². The van der Waals surface area contributed by atoms with Crippen molar-refractivity contribution in [3.63, 3.8) is 0 Å². The Kier molecular flexibility index (Phi) is 4.00. The van der Waals surface area contributed by atoms with Crippen LogP contribution in [0, 0.1) is 0 Å². The maximum absolute atomic E-state index is 6.00. The van der Waals surface area contributed by atoms with Crippen molar-refractivity contribution in [3.05, 3.63) is 65.7 Å². The molecule has 0 bridgehead atoms. The van der Waals surface area contributed by atoms with Crippen LogP contribution in [0.5, 0.6) is 5.75 Å². The second-order valence-corrected chi connectivity index (χ2v) is 4.97. The van der Waals surface area contributed by atoms with Crippen LogP contribution in [0.1, 0.15) is 23.3 Å². The highest BCUT2D eigenvalue weighted by Crippen LogP contribution is 2.26. The van der Waals surface area contributed by atoms with Crippen molar-refractivity contribution in [1.29, 1.82) is 0 Å². The van der Waals surface area contributed by atoms with Gasteiger partial charge in [-0.2, -0.15) is 0 Å². The molecule has 0 aliphatic carbocycles. The molecule has 3 rings (SSSR count). The van der Waals surface area contributed by atoms with Crippen molar-refractivity contribution < 1.29 is 9.47 Å².